The van der Waals surface area contributed by atoms with E-state index in [4.69, 9.17) is 4.74 Å². The number of aromatic nitrogens is 2. The van der Waals surface area contributed by atoms with Crippen LogP contribution in [0.2, 0.25) is 0 Å². The molecule has 0 aliphatic carbocycles. The van der Waals surface area contributed by atoms with Gasteiger partial charge in [-0.05, 0) is 43.7 Å². The molecule has 0 amide bonds. The Labute approximate surface area is 133 Å². The SMILES string of the molecule is COc1ccc(Nc2ncnc3sc(C)c(C)c23)cc1.Cl. The molecule has 0 atom stereocenters. The smallest absolute Gasteiger partial charge is 0.142 e. The second kappa shape index (κ2) is 6.28. The summed E-state index contributed by atoms with van der Waals surface area (Å²) in [4.78, 5) is 11.0. The zero-order chi connectivity index (χ0) is 14.1. The molecular formula is C15H16ClN3OS. The van der Waals surface area contributed by atoms with Gasteiger partial charge in [0.1, 0.15) is 22.7 Å². The highest BCUT2D eigenvalue weighted by atomic mass is 35.5. The van der Waals surface area contributed by atoms with Crippen LogP contribution in [0.4, 0.5) is 11.5 Å². The molecule has 3 rings (SSSR count). The zero-order valence-electron chi connectivity index (χ0n) is 12.0. The molecule has 1 N–H and O–H groups in total. The average molecular weight is 322 g/mol. The Hall–Kier alpha value is -1.85. The number of hydrogen-bond acceptors (Lipinski definition) is 5. The summed E-state index contributed by atoms with van der Waals surface area (Å²) in [5.41, 5.74) is 2.22. The van der Waals surface area contributed by atoms with Gasteiger partial charge in [-0.2, -0.15) is 0 Å². The molecule has 110 valence electrons. The Morgan fingerprint density at radius 1 is 1.10 bits per heavy atom. The topological polar surface area (TPSA) is 47.0 Å². The largest absolute Gasteiger partial charge is 0.497 e. The summed E-state index contributed by atoms with van der Waals surface area (Å²) in [6, 6.07) is 7.79. The number of hydrogen-bond donors (Lipinski definition) is 1. The normalized spacial score (nSPS) is 10.2. The Morgan fingerprint density at radius 2 is 1.81 bits per heavy atom. The first kappa shape index (κ1) is 15.5. The maximum atomic E-state index is 5.16. The highest BCUT2D eigenvalue weighted by Gasteiger charge is 2.11. The summed E-state index contributed by atoms with van der Waals surface area (Å²) in [6.45, 7) is 4.22. The van der Waals surface area contributed by atoms with Gasteiger partial charge in [-0.1, -0.05) is 0 Å². The van der Waals surface area contributed by atoms with Crippen LogP contribution in [0, 0.1) is 13.8 Å². The third-order valence-electron chi connectivity index (χ3n) is 3.32. The Morgan fingerprint density at radius 3 is 2.48 bits per heavy atom. The number of nitrogens with zero attached hydrogens (tertiary/aromatic N) is 2. The molecule has 2 aromatic heterocycles. The molecule has 0 saturated carbocycles. The molecule has 1 aromatic carbocycles. The minimum Gasteiger partial charge on any atom is -0.497 e. The molecule has 0 unspecified atom stereocenters. The van der Waals surface area contributed by atoms with Crippen LogP contribution < -0.4 is 10.1 Å². The Kier molecular flexibility index (Phi) is 4.65. The molecule has 0 saturated heterocycles. The highest BCUT2D eigenvalue weighted by molar-refractivity contribution is 7.18. The fourth-order valence-electron chi connectivity index (χ4n) is 2.09. The summed E-state index contributed by atoms with van der Waals surface area (Å²) in [6.07, 6.45) is 1.60. The number of halogens is 1. The van der Waals surface area contributed by atoms with E-state index in [-0.39, 0.29) is 12.4 Å². The number of ether oxygens (including phenoxy) is 1. The summed E-state index contributed by atoms with van der Waals surface area (Å²) in [5, 5.41) is 4.45. The third kappa shape index (κ3) is 2.94. The number of fused-ring (bicyclic) bond motifs is 1. The highest BCUT2D eigenvalue weighted by Crippen LogP contribution is 2.33. The predicted octanol–water partition coefficient (Wildman–Crippen LogP) is 4.48. The van der Waals surface area contributed by atoms with Gasteiger partial charge < -0.3 is 10.1 Å². The third-order valence-corrected chi connectivity index (χ3v) is 4.43. The molecule has 0 radical (unpaired) electrons. The van der Waals surface area contributed by atoms with Crippen LogP contribution in [0.15, 0.2) is 30.6 Å². The van der Waals surface area contributed by atoms with Crippen molar-refractivity contribution in [2.75, 3.05) is 12.4 Å². The molecule has 0 aliphatic rings. The fourth-order valence-corrected chi connectivity index (χ4v) is 3.09. The summed E-state index contributed by atoms with van der Waals surface area (Å²) in [5.74, 6) is 1.69. The monoisotopic (exact) mass is 321 g/mol. The van der Waals surface area contributed by atoms with Crippen LogP contribution in [0.5, 0.6) is 5.75 Å². The van der Waals surface area contributed by atoms with Gasteiger partial charge in [0.15, 0.2) is 0 Å². The number of thiophene rings is 1. The second-order valence-corrected chi connectivity index (χ2v) is 5.74. The lowest BCUT2D eigenvalue weighted by molar-refractivity contribution is 0.415. The Bertz CT molecular complexity index is 755. The minimum absolute atomic E-state index is 0. The summed E-state index contributed by atoms with van der Waals surface area (Å²) in [7, 11) is 1.66. The van der Waals surface area contributed by atoms with Crippen molar-refractivity contribution in [2.45, 2.75) is 13.8 Å². The second-order valence-electron chi connectivity index (χ2n) is 4.54. The molecule has 0 aliphatic heterocycles. The molecule has 3 aromatic rings. The maximum absolute atomic E-state index is 5.16. The van der Waals surface area contributed by atoms with Gasteiger partial charge in [0.25, 0.3) is 0 Å². The molecule has 21 heavy (non-hydrogen) atoms. The Balaban J connectivity index is 0.00000161. The van der Waals surface area contributed by atoms with Crippen molar-refractivity contribution >= 4 is 45.5 Å². The zero-order valence-corrected chi connectivity index (χ0v) is 13.6. The van der Waals surface area contributed by atoms with Crippen molar-refractivity contribution < 1.29 is 4.74 Å². The van der Waals surface area contributed by atoms with Crippen LogP contribution in [-0.2, 0) is 0 Å². The van der Waals surface area contributed by atoms with Crippen molar-refractivity contribution in [2.24, 2.45) is 0 Å². The van der Waals surface area contributed by atoms with Crippen molar-refractivity contribution in [1.82, 2.24) is 9.97 Å². The molecule has 0 bridgehead atoms. The molecule has 0 fully saturated rings. The number of anilines is 2. The molecule has 0 spiro atoms. The van der Waals surface area contributed by atoms with E-state index < -0.39 is 0 Å². The number of nitrogens with one attached hydrogen (secondary N) is 1. The van der Waals surface area contributed by atoms with Crippen molar-refractivity contribution in [1.29, 1.82) is 0 Å². The average Bonchev–Trinajstić information content (AvgIpc) is 2.76. The van der Waals surface area contributed by atoms with Gasteiger partial charge in [-0.3, -0.25) is 0 Å². The first-order valence-electron chi connectivity index (χ1n) is 6.31. The van der Waals surface area contributed by atoms with Gasteiger partial charge >= 0.3 is 0 Å². The first-order chi connectivity index (χ1) is 9.69. The molecule has 2 heterocycles. The molecule has 6 heteroatoms. The summed E-state index contributed by atoms with van der Waals surface area (Å²) < 4.78 is 5.16. The quantitative estimate of drug-likeness (QED) is 0.772. The van der Waals surface area contributed by atoms with E-state index in [1.165, 1.54) is 10.4 Å². The number of benzene rings is 1. The van der Waals surface area contributed by atoms with Crippen molar-refractivity contribution in [3.05, 3.63) is 41.0 Å². The lowest BCUT2D eigenvalue weighted by Gasteiger charge is -2.08. The lowest BCUT2D eigenvalue weighted by atomic mass is 10.2. The van der Waals surface area contributed by atoms with Crippen LogP contribution in [0.1, 0.15) is 10.4 Å². The van der Waals surface area contributed by atoms with E-state index in [0.29, 0.717) is 0 Å². The van der Waals surface area contributed by atoms with E-state index in [1.807, 2.05) is 24.3 Å². The number of rotatable bonds is 3. The standard InChI is InChI=1S/C15H15N3OS.ClH/c1-9-10(2)20-15-13(9)14(16-8-17-15)18-11-4-6-12(19-3)7-5-11;/h4-8H,1-3H3,(H,16,17,18);1H. The number of aryl methyl sites for hydroxylation is 2. The fraction of sp³-hybridized carbons (Fsp3) is 0.200. The van der Waals surface area contributed by atoms with Crippen LogP contribution in [-0.4, -0.2) is 17.1 Å². The lowest BCUT2D eigenvalue weighted by Crippen LogP contribution is -1.95. The van der Waals surface area contributed by atoms with E-state index in [9.17, 15) is 0 Å². The van der Waals surface area contributed by atoms with Gasteiger partial charge in [0.05, 0.1) is 12.5 Å². The van der Waals surface area contributed by atoms with Crippen molar-refractivity contribution in [3.8, 4) is 5.75 Å². The maximum Gasteiger partial charge on any atom is 0.142 e. The molecule has 4 nitrogen and oxygen atoms in total. The van der Waals surface area contributed by atoms with Gasteiger partial charge in [-0.15, -0.1) is 23.7 Å². The summed E-state index contributed by atoms with van der Waals surface area (Å²) >= 11 is 1.70. The predicted molar refractivity (Wildman–Crippen MR) is 90.4 cm³/mol. The van der Waals surface area contributed by atoms with Crippen LogP contribution in [0.3, 0.4) is 0 Å². The van der Waals surface area contributed by atoms with Crippen molar-refractivity contribution in [3.63, 3.8) is 0 Å². The van der Waals surface area contributed by atoms with Gasteiger partial charge in [-0.25, -0.2) is 9.97 Å². The van der Waals surface area contributed by atoms with Gasteiger partial charge in [0, 0.05) is 10.6 Å². The first-order valence-corrected chi connectivity index (χ1v) is 7.12. The van der Waals surface area contributed by atoms with E-state index >= 15 is 0 Å². The van der Waals surface area contributed by atoms with Crippen LogP contribution >= 0.6 is 23.7 Å². The van der Waals surface area contributed by atoms with E-state index in [0.717, 1.165) is 27.5 Å². The van der Waals surface area contributed by atoms with E-state index in [2.05, 4.69) is 29.1 Å². The van der Waals surface area contributed by atoms with Gasteiger partial charge in [0.2, 0.25) is 0 Å². The van der Waals surface area contributed by atoms with E-state index in [1.54, 1.807) is 24.8 Å². The van der Waals surface area contributed by atoms with Crippen LogP contribution in [0.25, 0.3) is 10.2 Å². The minimum atomic E-state index is 0. The molecular weight excluding hydrogens is 306 g/mol. The number of methoxy groups -OCH3 is 1.